The lowest BCUT2D eigenvalue weighted by Gasteiger charge is -2.18. The number of nitro groups is 1. The van der Waals surface area contributed by atoms with Gasteiger partial charge in [0.25, 0.3) is 0 Å². The topological polar surface area (TPSA) is 94.3 Å². The van der Waals surface area contributed by atoms with Crippen LogP contribution in [-0.2, 0) is 6.42 Å². The van der Waals surface area contributed by atoms with Crippen molar-refractivity contribution in [3.8, 4) is 11.6 Å². The number of aromatic nitrogens is 3. The molecule has 30 heavy (non-hydrogen) atoms. The molecule has 148 valence electrons. The molecule has 0 saturated heterocycles. The van der Waals surface area contributed by atoms with Crippen molar-refractivity contribution in [1.29, 1.82) is 0 Å². The maximum atomic E-state index is 12.0. The number of para-hydroxylation sites is 1. The summed E-state index contributed by atoms with van der Waals surface area (Å²) in [6, 6.07) is 15.0. The highest BCUT2D eigenvalue weighted by Crippen LogP contribution is 2.43. The number of nitrogens with zero attached hydrogens (tertiary/aromatic N) is 5. The van der Waals surface area contributed by atoms with E-state index in [1.54, 1.807) is 12.3 Å². The predicted octanol–water partition coefficient (Wildman–Crippen LogP) is 5.18. The van der Waals surface area contributed by atoms with E-state index in [-0.39, 0.29) is 17.4 Å². The number of pyridine rings is 1. The molecular weight excluding hydrogens is 450 g/mol. The molecule has 0 radical (unpaired) electrons. The highest BCUT2D eigenvalue weighted by atomic mass is 79.9. The Kier molecular flexibility index (Phi) is 4.51. The van der Waals surface area contributed by atoms with E-state index < -0.39 is 4.92 Å². The molecule has 2 aromatic heterocycles. The first-order valence-electron chi connectivity index (χ1n) is 9.19. The number of rotatable bonds is 4. The lowest BCUT2D eigenvalue weighted by atomic mass is 10.2. The first kappa shape index (κ1) is 18.4. The number of anilines is 2. The molecule has 0 fully saturated rings. The van der Waals surface area contributed by atoms with Crippen LogP contribution in [0.4, 0.5) is 17.2 Å². The van der Waals surface area contributed by atoms with Crippen LogP contribution in [0.1, 0.15) is 5.56 Å². The van der Waals surface area contributed by atoms with E-state index in [9.17, 15) is 10.1 Å². The van der Waals surface area contributed by atoms with Crippen LogP contribution in [0.15, 0.2) is 65.5 Å². The number of hydrogen-bond acceptors (Lipinski definition) is 7. The first-order chi connectivity index (χ1) is 14.6. The third-order valence-electron chi connectivity index (χ3n) is 4.98. The zero-order valence-corrected chi connectivity index (χ0v) is 17.1. The quantitative estimate of drug-likeness (QED) is 0.303. The zero-order valence-electron chi connectivity index (χ0n) is 15.5. The fourth-order valence-corrected chi connectivity index (χ4v) is 4.09. The van der Waals surface area contributed by atoms with Gasteiger partial charge >= 0.3 is 11.6 Å². The average molecular weight is 464 g/mol. The molecule has 5 rings (SSSR count). The highest BCUT2D eigenvalue weighted by Gasteiger charge is 2.32. The van der Waals surface area contributed by atoms with Crippen molar-refractivity contribution in [2.24, 2.45) is 0 Å². The van der Waals surface area contributed by atoms with Gasteiger partial charge in [0.15, 0.2) is 5.75 Å². The van der Waals surface area contributed by atoms with Gasteiger partial charge in [0.1, 0.15) is 11.8 Å². The molecule has 0 bridgehead atoms. The minimum absolute atomic E-state index is 0.122. The van der Waals surface area contributed by atoms with E-state index in [4.69, 9.17) is 4.74 Å². The van der Waals surface area contributed by atoms with Crippen molar-refractivity contribution in [1.82, 2.24) is 15.0 Å². The van der Waals surface area contributed by atoms with E-state index >= 15 is 0 Å². The van der Waals surface area contributed by atoms with E-state index in [1.165, 1.54) is 6.33 Å². The van der Waals surface area contributed by atoms with Crippen LogP contribution in [0.2, 0.25) is 0 Å². The molecule has 1 aliphatic heterocycles. The van der Waals surface area contributed by atoms with Crippen molar-refractivity contribution in [2.75, 3.05) is 11.4 Å². The molecule has 9 heteroatoms. The molecule has 1 aliphatic rings. The lowest BCUT2D eigenvalue weighted by molar-refractivity contribution is -0.385. The Hall–Kier alpha value is -3.59. The second-order valence-electron chi connectivity index (χ2n) is 6.69. The summed E-state index contributed by atoms with van der Waals surface area (Å²) in [7, 11) is 0. The molecule has 0 amide bonds. The van der Waals surface area contributed by atoms with E-state index in [1.807, 2.05) is 47.4 Å². The van der Waals surface area contributed by atoms with Gasteiger partial charge in [-0.2, -0.15) is 4.98 Å². The van der Waals surface area contributed by atoms with E-state index in [0.29, 0.717) is 17.8 Å². The normalized spacial score (nSPS) is 12.8. The monoisotopic (exact) mass is 463 g/mol. The Bertz CT molecular complexity index is 1300. The minimum atomic E-state index is -0.500. The second-order valence-corrected chi connectivity index (χ2v) is 7.54. The largest absolute Gasteiger partial charge is 0.431 e. The molecule has 0 N–H and O–H groups in total. The van der Waals surface area contributed by atoms with Gasteiger partial charge in [0, 0.05) is 28.3 Å². The maximum Gasteiger partial charge on any atom is 0.373 e. The summed E-state index contributed by atoms with van der Waals surface area (Å²) in [6.07, 6.45) is 3.71. The summed E-state index contributed by atoms with van der Waals surface area (Å²) >= 11 is 3.49. The molecule has 0 unspecified atom stereocenters. The third-order valence-corrected chi connectivity index (χ3v) is 5.67. The average Bonchev–Trinajstić information content (AvgIpc) is 3.19. The van der Waals surface area contributed by atoms with Gasteiger partial charge in [-0.25, -0.2) is 4.98 Å². The Balaban J connectivity index is 1.62. The van der Waals surface area contributed by atoms with Crippen LogP contribution >= 0.6 is 15.9 Å². The molecule has 0 atom stereocenters. The van der Waals surface area contributed by atoms with Gasteiger partial charge in [0.05, 0.1) is 4.92 Å². The Labute approximate surface area is 179 Å². The lowest BCUT2D eigenvalue weighted by Crippen LogP contribution is -2.17. The SMILES string of the molecule is O=[N+]([O-])c1c(Oc2ccc(Br)c3cccnc23)ncnc1N1CCc2ccccc21. The van der Waals surface area contributed by atoms with Crippen LogP contribution < -0.4 is 9.64 Å². The molecule has 3 heterocycles. The van der Waals surface area contributed by atoms with Crippen molar-refractivity contribution in [2.45, 2.75) is 6.42 Å². The number of halogens is 1. The summed E-state index contributed by atoms with van der Waals surface area (Å²) in [5.74, 6) is 0.469. The van der Waals surface area contributed by atoms with Crippen molar-refractivity contribution >= 4 is 44.0 Å². The highest BCUT2D eigenvalue weighted by molar-refractivity contribution is 9.10. The molecule has 4 aromatic rings. The smallest absolute Gasteiger partial charge is 0.373 e. The Morgan fingerprint density at radius 2 is 1.93 bits per heavy atom. The zero-order chi connectivity index (χ0) is 20.7. The number of ether oxygens (including phenoxy) is 1. The van der Waals surface area contributed by atoms with Crippen molar-refractivity contribution < 1.29 is 9.66 Å². The first-order valence-corrected chi connectivity index (χ1v) is 9.98. The Morgan fingerprint density at radius 3 is 2.80 bits per heavy atom. The van der Waals surface area contributed by atoms with Gasteiger partial charge in [-0.05, 0) is 36.2 Å². The molecular formula is C21H14BrN5O3. The predicted molar refractivity (Wildman–Crippen MR) is 115 cm³/mol. The molecule has 0 saturated carbocycles. The van der Waals surface area contributed by atoms with Crippen LogP contribution in [0, 0.1) is 10.1 Å². The van der Waals surface area contributed by atoms with Gasteiger partial charge in [-0.3, -0.25) is 15.1 Å². The number of hydrogen-bond donors (Lipinski definition) is 0. The van der Waals surface area contributed by atoms with Gasteiger partial charge in [-0.15, -0.1) is 0 Å². The van der Waals surface area contributed by atoms with Crippen LogP contribution in [0.25, 0.3) is 10.9 Å². The van der Waals surface area contributed by atoms with E-state index in [0.717, 1.165) is 27.5 Å². The summed E-state index contributed by atoms with van der Waals surface area (Å²) < 4.78 is 6.78. The van der Waals surface area contributed by atoms with Crippen molar-refractivity contribution in [3.63, 3.8) is 0 Å². The minimum Gasteiger partial charge on any atom is -0.431 e. The maximum absolute atomic E-state index is 12.0. The summed E-state index contributed by atoms with van der Waals surface area (Å²) in [5.41, 5.74) is 2.33. The molecule has 2 aromatic carbocycles. The second kappa shape index (κ2) is 7.34. The number of fused-ring (bicyclic) bond motifs is 2. The third kappa shape index (κ3) is 3.03. The standard InChI is InChI=1S/C21H14BrN5O3/c22-15-7-8-17(18-14(15)5-3-10-23-18)30-21-19(27(28)29)20(24-12-25-21)26-11-9-13-4-1-2-6-16(13)26/h1-8,10,12H,9,11H2. The van der Waals surface area contributed by atoms with Gasteiger partial charge < -0.3 is 9.64 Å². The summed E-state index contributed by atoms with van der Waals surface area (Å²) in [6.45, 7) is 0.597. The van der Waals surface area contributed by atoms with Crippen LogP contribution in [-0.4, -0.2) is 26.4 Å². The van der Waals surface area contributed by atoms with E-state index in [2.05, 4.69) is 30.9 Å². The van der Waals surface area contributed by atoms with Crippen LogP contribution in [0.5, 0.6) is 11.6 Å². The van der Waals surface area contributed by atoms with Gasteiger partial charge in [0.2, 0.25) is 5.82 Å². The van der Waals surface area contributed by atoms with Crippen molar-refractivity contribution in [3.05, 3.63) is 81.2 Å². The summed E-state index contributed by atoms with van der Waals surface area (Å²) in [4.78, 5) is 26.0. The fourth-order valence-electron chi connectivity index (χ4n) is 3.64. The summed E-state index contributed by atoms with van der Waals surface area (Å²) in [5, 5.41) is 12.8. The Morgan fingerprint density at radius 1 is 1.07 bits per heavy atom. The fraction of sp³-hybridized carbons (Fsp3) is 0.0952. The number of benzene rings is 2. The molecule has 0 aliphatic carbocycles. The molecule has 0 spiro atoms. The van der Waals surface area contributed by atoms with Crippen LogP contribution in [0.3, 0.4) is 0 Å². The van der Waals surface area contributed by atoms with Gasteiger partial charge in [-0.1, -0.05) is 40.2 Å². The molecule has 8 nitrogen and oxygen atoms in total.